The Kier molecular flexibility index (Phi) is 10.4. The van der Waals surface area contributed by atoms with Crippen molar-refractivity contribution in [1.29, 1.82) is 0 Å². The lowest BCUT2D eigenvalue weighted by molar-refractivity contribution is -0.116. The molecule has 0 saturated heterocycles. The Morgan fingerprint density at radius 3 is 2.11 bits per heavy atom. The van der Waals surface area contributed by atoms with Crippen molar-refractivity contribution in [2.24, 2.45) is 0 Å². The highest BCUT2D eigenvalue weighted by molar-refractivity contribution is 8.93. The van der Waals surface area contributed by atoms with E-state index in [0.717, 1.165) is 37.9 Å². The van der Waals surface area contributed by atoms with Crippen LogP contribution < -0.4 is 0 Å². The first kappa shape index (κ1) is 17.7. The molecule has 0 spiro atoms. The molecule has 1 rings (SSSR count). The Bertz CT molecular complexity index is 255. The summed E-state index contributed by atoms with van der Waals surface area (Å²) in [5.41, 5.74) is 1.07. The minimum absolute atomic E-state index is 0. The van der Waals surface area contributed by atoms with Crippen molar-refractivity contribution in [1.82, 2.24) is 4.90 Å². The van der Waals surface area contributed by atoms with Gasteiger partial charge in [0.2, 0.25) is 0 Å². The lowest BCUT2D eigenvalue weighted by atomic mass is 9.94. The summed E-state index contributed by atoms with van der Waals surface area (Å²) in [6.07, 6.45) is 11.1. The van der Waals surface area contributed by atoms with Gasteiger partial charge in [0.15, 0.2) is 5.78 Å². The van der Waals surface area contributed by atoms with E-state index in [1.165, 1.54) is 32.1 Å². The van der Waals surface area contributed by atoms with Gasteiger partial charge in [-0.2, -0.15) is 0 Å². The van der Waals surface area contributed by atoms with Crippen LogP contribution in [0.2, 0.25) is 0 Å². The second-order valence-corrected chi connectivity index (χ2v) is 5.03. The molecule has 0 aromatic rings. The van der Waals surface area contributed by atoms with E-state index >= 15 is 0 Å². The first-order valence-corrected chi connectivity index (χ1v) is 7.25. The van der Waals surface area contributed by atoms with Gasteiger partial charge in [0.1, 0.15) is 0 Å². The molecule has 1 fully saturated rings. The molecule has 0 amide bonds. The number of Topliss-reactive ketones (excluding diaryl/α,β-unsaturated/α-hetero) is 1. The molecule has 3 heteroatoms. The molecule has 1 aliphatic carbocycles. The molecule has 1 saturated carbocycles. The fourth-order valence-electron chi connectivity index (χ4n) is 2.22. The number of hydrogen-bond donors (Lipinski definition) is 0. The lowest BCUT2D eigenvalue weighted by Crippen LogP contribution is -2.22. The van der Waals surface area contributed by atoms with E-state index in [4.69, 9.17) is 0 Å². The number of unbranched alkanes of at least 4 members (excludes halogenated alkanes) is 2. The maximum Gasteiger partial charge on any atom is 0.160 e. The number of ketones is 1. The third kappa shape index (κ3) is 6.58. The van der Waals surface area contributed by atoms with Gasteiger partial charge in [-0.3, -0.25) is 4.79 Å². The van der Waals surface area contributed by atoms with Gasteiger partial charge in [0, 0.05) is 31.3 Å². The van der Waals surface area contributed by atoms with E-state index in [0.29, 0.717) is 5.78 Å². The van der Waals surface area contributed by atoms with E-state index in [1.807, 2.05) is 0 Å². The van der Waals surface area contributed by atoms with Gasteiger partial charge in [0.05, 0.1) is 0 Å². The number of carbonyl (C=O) groups is 1. The van der Waals surface area contributed by atoms with E-state index in [-0.39, 0.29) is 17.0 Å². The molecule has 0 aliphatic heterocycles. The second kappa shape index (κ2) is 10.6. The average Bonchev–Trinajstić information content (AvgIpc) is 2.35. The highest BCUT2D eigenvalue weighted by Crippen LogP contribution is 2.20. The standard InChI is InChI=1S/C15H27NO.BrH/c1-3-5-11-16(12-6-4-2)13-14-9-7-8-10-15(14)17;/h13H,3-12H2,1-2H3;1H/b14-13-;. The van der Waals surface area contributed by atoms with Gasteiger partial charge >= 0.3 is 0 Å². The summed E-state index contributed by atoms with van der Waals surface area (Å²) in [5, 5.41) is 0. The topological polar surface area (TPSA) is 20.3 Å². The molecular formula is C15H28BrNO. The average molecular weight is 318 g/mol. The molecule has 0 unspecified atom stereocenters. The molecule has 0 heterocycles. The molecule has 0 aromatic carbocycles. The monoisotopic (exact) mass is 317 g/mol. The highest BCUT2D eigenvalue weighted by atomic mass is 79.9. The number of nitrogens with zero attached hydrogens (tertiary/aromatic N) is 1. The SMILES string of the molecule is Br.CCCCN(/C=C1/CCCCC1=O)CCCC. The molecular weight excluding hydrogens is 290 g/mol. The summed E-state index contributed by atoms with van der Waals surface area (Å²) < 4.78 is 0. The zero-order chi connectivity index (χ0) is 12.5. The third-order valence-electron chi connectivity index (χ3n) is 3.39. The molecule has 1 aliphatic rings. The van der Waals surface area contributed by atoms with Crippen LogP contribution in [0.5, 0.6) is 0 Å². The molecule has 0 radical (unpaired) electrons. The molecule has 2 nitrogen and oxygen atoms in total. The van der Waals surface area contributed by atoms with Crippen LogP contribution in [0, 0.1) is 0 Å². The van der Waals surface area contributed by atoms with Gasteiger partial charge in [-0.1, -0.05) is 26.7 Å². The van der Waals surface area contributed by atoms with E-state index in [1.54, 1.807) is 0 Å². The van der Waals surface area contributed by atoms with Crippen LogP contribution >= 0.6 is 17.0 Å². The summed E-state index contributed by atoms with van der Waals surface area (Å²) >= 11 is 0. The van der Waals surface area contributed by atoms with Gasteiger partial charge in [-0.15, -0.1) is 17.0 Å². The van der Waals surface area contributed by atoms with Crippen molar-refractivity contribution in [3.05, 3.63) is 11.8 Å². The molecule has 0 bridgehead atoms. The molecule has 0 atom stereocenters. The largest absolute Gasteiger partial charge is 0.377 e. The van der Waals surface area contributed by atoms with Crippen molar-refractivity contribution >= 4 is 22.8 Å². The lowest BCUT2D eigenvalue weighted by Gasteiger charge is -2.23. The minimum atomic E-state index is 0. The van der Waals surface area contributed by atoms with E-state index < -0.39 is 0 Å². The quantitative estimate of drug-likeness (QED) is 0.645. The molecule has 0 aromatic heterocycles. The van der Waals surface area contributed by atoms with Gasteiger partial charge in [0.25, 0.3) is 0 Å². The zero-order valence-electron chi connectivity index (χ0n) is 11.9. The number of halogens is 1. The normalized spacial score (nSPS) is 17.7. The summed E-state index contributed by atoms with van der Waals surface area (Å²) in [4.78, 5) is 14.1. The Labute approximate surface area is 123 Å². The van der Waals surface area contributed by atoms with Gasteiger partial charge in [-0.05, 0) is 32.1 Å². The fraction of sp³-hybridized carbons (Fsp3) is 0.800. The van der Waals surface area contributed by atoms with E-state index in [2.05, 4.69) is 24.9 Å². The summed E-state index contributed by atoms with van der Waals surface area (Å²) in [6, 6.07) is 0. The summed E-state index contributed by atoms with van der Waals surface area (Å²) in [5.74, 6) is 0.384. The number of rotatable bonds is 7. The molecule has 18 heavy (non-hydrogen) atoms. The van der Waals surface area contributed by atoms with Crippen molar-refractivity contribution in [2.45, 2.75) is 65.2 Å². The van der Waals surface area contributed by atoms with Crippen LogP contribution in [-0.4, -0.2) is 23.8 Å². The van der Waals surface area contributed by atoms with Crippen molar-refractivity contribution in [3.63, 3.8) is 0 Å². The van der Waals surface area contributed by atoms with Crippen molar-refractivity contribution < 1.29 is 4.79 Å². The van der Waals surface area contributed by atoms with Crippen LogP contribution in [0.4, 0.5) is 0 Å². The molecule has 0 N–H and O–H groups in total. The predicted octanol–water partition coefficient (Wildman–Crippen LogP) is 4.49. The maximum absolute atomic E-state index is 11.8. The van der Waals surface area contributed by atoms with Crippen molar-refractivity contribution in [2.75, 3.05) is 13.1 Å². The minimum Gasteiger partial charge on any atom is -0.377 e. The zero-order valence-corrected chi connectivity index (χ0v) is 13.6. The van der Waals surface area contributed by atoms with Crippen LogP contribution in [-0.2, 0) is 4.79 Å². The second-order valence-electron chi connectivity index (χ2n) is 5.03. The highest BCUT2D eigenvalue weighted by Gasteiger charge is 2.15. The van der Waals surface area contributed by atoms with Crippen LogP contribution in [0.1, 0.15) is 65.2 Å². The van der Waals surface area contributed by atoms with Crippen LogP contribution in [0.25, 0.3) is 0 Å². The fourth-order valence-corrected chi connectivity index (χ4v) is 2.22. The third-order valence-corrected chi connectivity index (χ3v) is 3.39. The number of hydrogen-bond acceptors (Lipinski definition) is 2. The first-order chi connectivity index (χ1) is 8.27. The van der Waals surface area contributed by atoms with Crippen LogP contribution in [0.15, 0.2) is 11.8 Å². The number of carbonyl (C=O) groups excluding carboxylic acids is 1. The summed E-state index contributed by atoms with van der Waals surface area (Å²) in [6.45, 7) is 6.65. The Morgan fingerprint density at radius 2 is 1.61 bits per heavy atom. The van der Waals surface area contributed by atoms with Gasteiger partial charge < -0.3 is 4.90 Å². The predicted molar refractivity (Wildman–Crippen MR) is 83.3 cm³/mol. The Hall–Kier alpha value is -0.310. The first-order valence-electron chi connectivity index (χ1n) is 7.25. The Balaban J connectivity index is 0.00000289. The maximum atomic E-state index is 11.8. The molecule has 106 valence electrons. The smallest absolute Gasteiger partial charge is 0.160 e. The van der Waals surface area contributed by atoms with Gasteiger partial charge in [-0.25, -0.2) is 0 Å². The number of allylic oxidation sites excluding steroid dienone is 1. The summed E-state index contributed by atoms with van der Waals surface area (Å²) in [7, 11) is 0. The van der Waals surface area contributed by atoms with Crippen LogP contribution in [0.3, 0.4) is 0 Å². The Morgan fingerprint density at radius 1 is 1.06 bits per heavy atom. The van der Waals surface area contributed by atoms with Crippen molar-refractivity contribution in [3.8, 4) is 0 Å². The van der Waals surface area contributed by atoms with E-state index in [9.17, 15) is 4.79 Å².